The van der Waals surface area contributed by atoms with Gasteiger partial charge in [-0.2, -0.15) is 0 Å². The highest BCUT2D eigenvalue weighted by Gasteiger charge is 2.15. The molecule has 6 heteroatoms. The van der Waals surface area contributed by atoms with Crippen molar-refractivity contribution in [2.75, 3.05) is 12.4 Å². The topological polar surface area (TPSA) is 84.9 Å². The normalized spacial score (nSPS) is 11.4. The monoisotopic (exact) mass is 315 g/mol. The van der Waals surface area contributed by atoms with Gasteiger partial charge in [0, 0.05) is 5.69 Å². The predicted molar refractivity (Wildman–Crippen MR) is 85.1 cm³/mol. The molecule has 0 saturated heterocycles. The molecular weight excluding hydrogens is 298 g/mol. The van der Waals surface area contributed by atoms with Gasteiger partial charge in [0.15, 0.2) is 6.10 Å². The molecule has 2 aromatic carbocycles. The highest BCUT2D eigenvalue weighted by molar-refractivity contribution is 5.95. The van der Waals surface area contributed by atoms with E-state index < -0.39 is 12.1 Å². The zero-order valence-corrected chi connectivity index (χ0v) is 12.8. The Morgan fingerprint density at radius 2 is 1.57 bits per heavy atom. The number of ether oxygens (including phenoxy) is 2. The Labute approximate surface area is 133 Å². The summed E-state index contributed by atoms with van der Waals surface area (Å²) < 4.78 is 10.6. The molecule has 0 aliphatic rings. The van der Waals surface area contributed by atoms with Gasteiger partial charge in [-0.1, -0.05) is 0 Å². The molecule has 23 heavy (non-hydrogen) atoms. The predicted octanol–water partition coefficient (Wildman–Crippen LogP) is 2.80. The van der Waals surface area contributed by atoms with Crippen LogP contribution in [0, 0.1) is 0 Å². The van der Waals surface area contributed by atoms with Gasteiger partial charge in [-0.15, -0.1) is 0 Å². The van der Waals surface area contributed by atoms with Crippen molar-refractivity contribution < 1.29 is 24.2 Å². The number of hydrogen-bond donors (Lipinski definition) is 2. The van der Waals surface area contributed by atoms with Crippen LogP contribution in [0.2, 0.25) is 0 Å². The van der Waals surface area contributed by atoms with E-state index in [4.69, 9.17) is 14.6 Å². The third-order valence-corrected chi connectivity index (χ3v) is 3.14. The molecular formula is C17H17NO5. The first-order valence-corrected chi connectivity index (χ1v) is 6.94. The molecule has 2 rings (SSSR count). The van der Waals surface area contributed by atoms with E-state index in [9.17, 15) is 9.59 Å². The molecule has 0 heterocycles. The van der Waals surface area contributed by atoms with E-state index in [1.807, 2.05) is 0 Å². The van der Waals surface area contributed by atoms with Gasteiger partial charge >= 0.3 is 5.97 Å². The summed E-state index contributed by atoms with van der Waals surface area (Å²) in [6.07, 6.45) is -0.706. The number of carbonyl (C=O) groups is 2. The van der Waals surface area contributed by atoms with Crippen LogP contribution in [0.5, 0.6) is 11.5 Å². The fourth-order valence-corrected chi connectivity index (χ4v) is 1.85. The number of nitrogens with one attached hydrogen (secondary N) is 1. The van der Waals surface area contributed by atoms with Gasteiger partial charge in [0.1, 0.15) is 11.5 Å². The van der Waals surface area contributed by atoms with Crippen LogP contribution in [0.1, 0.15) is 17.3 Å². The van der Waals surface area contributed by atoms with Crippen molar-refractivity contribution in [1.82, 2.24) is 0 Å². The van der Waals surface area contributed by atoms with E-state index in [0.717, 1.165) is 0 Å². The minimum atomic E-state index is -1.01. The number of carboxylic acids is 1. The van der Waals surface area contributed by atoms with Crippen LogP contribution < -0.4 is 14.8 Å². The van der Waals surface area contributed by atoms with Crippen molar-refractivity contribution in [2.45, 2.75) is 13.0 Å². The van der Waals surface area contributed by atoms with Gasteiger partial charge < -0.3 is 19.9 Å². The third kappa shape index (κ3) is 4.47. The summed E-state index contributed by atoms with van der Waals surface area (Å²) in [7, 11) is 1.57. The zero-order valence-electron chi connectivity index (χ0n) is 12.8. The lowest BCUT2D eigenvalue weighted by Gasteiger charge is -2.15. The summed E-state index contributed by atoms with van der Waals surface area (Å²) in [5, 5.41) is 11.5. The lowest BCUT2D eigenvalue weighted by atomic mass is 10.2. The number of anilines is 1. The van der Waals surface area contributed by atoms with Crippen LogP contribution in [-0.2, 0) is 4.79 Å². The van der Waals surface area contributed by atoms with Gasteiger partial charge in [0.2, 0.25) is 0 Å². The molecule has 2 N–H and O–H groups in total. The highest BCUT2D eigenvalue weighted by atomic mass is 16.5. The SMILES string of the molecule is COc1ccc(O[C@@H](C)C(=O)Nc2ccc(C(=O)O)cc2)cc1. The summed E-state index contributed by atoms with van der Waals surface area (Å²) in [6.45, 7) is 1.63. The lowest BCUT2D eigenvalue weighted by molar-refractivity contribution is -0.122. The number of amides is 1. The summed E-state index contributed by atoms with van der Waals surface area (Å²) in [6, 6.07) is 12.8. The Morgan fingerprint density at radius 1 is 1.00 bits per heavy atom. The van der Waals surface area contributed by atoms with Crippen molar-refractivity contribution in [3.05, 3.63) is 54.1 Å². The van der Waals surface area contributed by atoms with E-state index >= 15 is 0 Å². The average molecular weight is 315 g/mol. The molecule has 0 fully saturated rings. The molecule has 0 radical (unpaired) electrons. The Bertz CT molecular complexity index is 679. The van der Waals surface area contributed by atoms with Crippen LogP contribution in [0.3, 0.4) is 0 Å². The number of rotatable bonds is 6. The Kier molecular flexibility index (Phi) is 5.19. The number of benzene rings is 2. The maximum atomic E-state index is 12.1. The Hall–Kier alpha value is -3.02. The standard InChI is InChI=1S/C17H17NO5/c1-11(23-15-9-7-14(22-2)8-10-15)16(19)18-13-5-3-12(4-6-13)17(20)21/h3-11H,1-2H3,(H,18,19)(H,20,21)/t11-/m0/s1. The van der Waals surface area contributed by atoms with Crippen LogP contribution in [0.4, 0.5) is 5.69 Å². The average Bonchev–Trinajstić information content (AvgIpc) is 2.56. The highest BCUT2D eigenvalue weighted by Crippen LogP contribution is 2.18. The van der Waals surface area contributed by atoms with E-state index in [1.165, 1.54) is 24.3 Å². The zero-order chi connectivity index (χ0) is 16.8. The molecule has 0 aromatic heterocycles. The molecule has 2 aromatic rings. The second-order valence-electron chi connectivity index (χ2n) is 4.81. The molecule has 1 amide bonds. The number of aromatic carboxylic acids is 1. The lowest BCUT2D eigenvalue weighted by Crippen LogP contribution is -2.30. The van der Waals surface area contributed by atoms with Crippen LogP contribution in [0.25, 0.3) is 0 Å². The molecule has 0 spiro atoms. The minimum Gasteiger partial charge on any atom is -0.497 e. The van der Waals surface area contributed by atoms with Gasteiger partial charge in [-0.25, -0.2) is 4.79 Å². The first-order chi connectivity index (χ1) is 11.0. The Balaban J connectivity index is 1.94. The van der Waals surface area contributed by atoms with Crippen LogP contribution >= 0.6 is 0 Å². The maximum absolute atomic E-state index is 12.1. The van der Waals surface area contributed by atoms with E-state index in [2.05, 4.69) is 5.32 Å². The molecule has 1 atom stereocenters. The van der Waals surface area contributed by atoms with Crippen molar-refractivity contribution in [3.63, 3.8) is 0 Å². The maximum Gasteiger partial charge on any atom is 0.335 e. The van der Waals surface area contributed by atoms with Gasteiger partial charge in [0.25, 0.3) is 5.91 Å². The summed E-state index contributed by atoms with van der Waals surface area (Å²) >= 11 is 0. The van der Waals surface area contributed by atoms with Crippen molar-refractivity contribution in [3.8, 4) is 11.5 Å². The van der Waals surface area contributed by atoms with Crippen LogP contribution in [0.15, 0.2) is 48.5 Å². The molecule has 0 bridgehead atoms. The van der Waals surface area contributed by atoms with Crippen molar-refractivity contribution in [2.24, 2.45) is 0 Å². The number of hydrogen-bond acceptors (Lipinski definition) is 4. The summed E-state index contributed by atoms with van der Waals surface area (Å²) in [5.74, 6) is -0.0920. The van der Waals surface area contributed by atoms with E-state index in [-0.39, 0.29) is 11.5 Å². The van der Waals surface area contributed by atoms with Gasteiger partial charge in [-0.05, 0) is 55.5 Å². The van der Waals surface area contributed by atoms with Crippen molar-refractivity contribution >= 4 is 17.6 Å². The quantitative estimate of drug-likeness (QED) is 0.856. The summed E-state index contributed by atoms with van der Waals surface area (Å²) in [4.78, 5) is 22.9. The molecule has 0 aliphatic heterocycles. The number of carbonyl (C=O) groups excluding carboxylic acids is 1. The molecule has 0 aliphatic carbocycles. The summed E-state index contributed by atoms with van der Waals surface area (Å²) in [5.41, 5.74) is 0.663. The van der Waals surface area contributed by atoms with Gasteiger partial charge in [0.05, 0.1) is 12.7 Å². The fraction of sp³-hybridized carbons (Fsp3) is 0.176. The van der Waals surface area contributed by atoms with E-state index in [1.54, 1.807) is 38.3 Å². The van der Waals surface area contributed by atoms with Crippen LogP contribution in [-0.4, -0.2) is 30.2 Å². The molecule has 6 nitrogen and oxygen atoms in total. The number of carboxylic acid groups (broad SMARTS) is 1. The first-order valence-electron chi connectivity index (χ1n) is 6.94. The second kappa shape index (κ2) is 7.31. The third-order valence-electron chi connectivity index (χ3n) is 3.14. The first kappa shape index (κ1) is 16.4. The van der Waals surface area contributed by atoms with E-state index in [0.29, 0.717) is 17.2 Å². The second-order valence-corrected chi connectivity index (χ2v) is 4.81. The molecule has 120 valence electrons. The number of methoxy groups -OCH3 is 1. The van der Waals surface area contributed by atoms with Gasteiger partial charge in [-0.3, -0.25) is 4.79 Å². The minimum absolute atomic E-state index is 0.158. The van der Waals surface area contributed by atoms with Crippen molar-refractivity contribution in [1.29, 1.82) is 0 Å². The smallest absolute Gasteiger partial charge is 0.335 e. The largest absolute Gasteiger partial charge is 0.497 e. The molecule has 0 saturated carbocycles. The fourth-order valence-electron chi connectivity index (χ4n) is 1.85. The Morgan fingerprint density at radius 3 is 2.09 bits per heavy atom. The molecule has 0 unspecified atom stereocenters.